The van der Waals surface area contributed by atoms with Crippen LogP contribution in [0.2, 0.25) is 0 Å². The van der Waals surface area contributed by atoms with E-state index in [1.807, 2.05) is 11.8 Å². The first kappa shape index (κ1) is 13.0. The van der Waals surface area contributed by atoms with Crippen molar-refractivity contribution in [1.29, 1.82) is 0 Å². The largest absolute Gasteiger partial charge is 0.416 e. The zero-order valence-corrected chi connectivity index (χ0v) is 10.7. The molecular weight excluding hydrogens is 226 g/mol. The molecule has 0 aliphatic heterocycles. The van der Waals surface area contributed by atoms with Crippen molar-refractivity contribution in [3.8, 4) is 0 Å². The molecule has 0 radical (unpaired) electrons. The molecule has 1 heterocycles. The van der Waals surface area contributed by atoms with Crippen LogP contribution < -0.4 is 0 Å². The number of hydrogen-bond donors (Lipinski definition) is 0. The van der Waals surface area contributed by atoms with Crippen LogP contribution in [0.15, 0.2) is 9.64 Å². The molecule has 1 aromatic rings. The maximum atomic E-state index is 11.8. The molecule has 0 aliphatic rings. The van der Waals surface area contributed by atoms with E-state index >= 15 is 0 Å². The monoisotopic (exact) mass is 243 g/mol. The molecule has 0 saturated heterocycles. The number of nitrogens with zero attached hydrogens (tertiary/aromatic N) is 3. The Morgan fingerprint density at radius 1 is 1.44 bits per heavy atom. The van der Waals surface area contributed by atoms with Crippen LogP contribution in [-0.4, -0.2) is 39.8 Å². The number of amides is 1. The van der Waals surface area contributed by atoms with Crippen LogP contribution in [0.5, 0.6) is 0 Å². The lowest BCUT2D eigenvalue weighted by molar-refractivity contribution is -0.128. The van der Waals surface area contributed by atoms with Crippen molar-refractivity contribution in [2.45, 2.75) is 32.4 Å². The Hall–Kier alpha value is -1.04. The average Bonchev–Trinajstić information content (AvgIpc) is 2.68. The molecule has 1 amide bonds. The Morgan fingerprint density at radius 3 is 2.69 bits per heavy atom. The minimum Gasteiger partial charge on any atom is -0.416 e. The van der Waals surface area contributed by atoms with E-state index < -0.39 is 0 Å². The molecule has 90 valence electrons. The van der Waals surface area contributed by atoms with Gasteiger partial charge in [0.2, 0.25) is 11.8 Å². The Balaban J connectivity index is 2.39. The molecule has 6 heteroatoms. The van der Waals surface area contributed by atoms with Gasteiger partial charge < -0.3 is 9.32 Å². The summed E-state index contributed by atoms with van der Waals surface area (Å²) in [5, 5.41) is 7.98. The predicted octanol–water partition coefficient (Wildman–Crippen LogP) is 1.73. The smallest absolute Gasteiger partial charge is 0.277 e. The van der Waals surface area contributed by atoms with Crippen LogP contribution in [0, 0.1) is 6.92 Å². The summed E-state index contributed by atoms with van der Waals surface area (Å²) < 4.78 is 5.18. The zero-order chi connectivity index (χ0) is 12.0. The summed E-state index contributed by atoms with van der Waals surface area (Å²) in [7, 11) is 0. The minimum atomic E-state index is 0.116. The lowest BCUT2D eigenvalue weighted by atomic mass is 10.4. The average molecular weight is 243 g/mol. The van der Waals surface area contributed by atoms with Gasteiger partial charge in [-0.2, -0.15) is 0 Å². The summed E-state index contributed by atoms with van der Waals surface area (Å²) in [5.41, 5.74) is 0. The fourth-order valence-corrected chi connectivity index (χ4v) is 1.99. The van der Waals surface area contributed by atoms with Gasteiger partial charge in [-0.25, -0.2) is 0 Å². The summed E-state index contributed by atoms with van der Waals surface area (Å²) in [4.78, 5) is 13.6. The topological polar surface area (TPSA) is 59.2 Å². The summed E-state index contributed by atoms with van der Waals surface area (Å²) in [6, 6.07) is 0. The lowest BCUT2D eigenvalue weighted by Gasteiger charge is -2.19. The second kappa shape index (κ2) is 6.52. The Bertz CT molecular complexity index is 341. The summed E-state index contributed by atoms with van der Waals surface area (Å²) in [6.07, 6.45) is 0.976. The second-order valence-electron chi connectivity index (χ2n) is 3.35. The van der Waals surface area contributed by atoms with Crippen molar-refractivity contribution in [1.82, 2.24) is 15.1 Å². The van der Waals surface area contributed by atoms with Crippen LogP contribution in [0.1, 0.15) is 26.2 Å². The normalized spacial score (nSPS) is 10.4. The molecule has 0 unspecified atom stereocenters. The third kappa shape index (κ3) is 3.84. The molecule has 1 rings (SSSR count). The number of hydrogen-bond acceptors (Lipinski definition) is 5. The van der Waals surface area contributed by atoms with Gasteiger partial charge in [-0.3, -0.25) is 4.79 Å². The van der Waals surface area contributed by atoms with Gasteiger partial charge >= 0.3 is 0 Å². The number of aryl methyl sites for hydroxylation is 1. The maximum absolute atomic E-state index is 11.8. The van der Waals surface area contributed by atoms with Crippen LogP contribution >= 0.6 is 11.8 Å². The fraction of sp³-hybridized carbons (Fsp3) is 0.700. The molecule has 0 atom stereocenters. The van der Waals surface area contributed by atoms with E-state index in [9.17, 15) is 4.79 Å². The van der Waals surface area contributed by atoms with Crippen molar-refractivity contribution in [2.24, 2.45) is 0 Å². The Kier molecular flexibility index (Phi) is 5.31. The van der Waals surface area contributed by atoms with Crippen LogP contribution in [-0.2, 0) is 4.79 Å². The van der Waals surface area contributed by atoms with E-state index in [1.165, 1.54) is 11.8 Å². The van der Waals surface area contributed by atoms with Gasteiger partial charge in [-0.05, 0) is 13.3 Å². The maximum Gasteiger partial charge on any atom is 0.277 e. The van der Waals surface area contributed by atoms with Crippen molar-refractivity contribution < 1.29 is 9.21 Å². The van der Waals surface area contributed by atoms with E-state index in [-0.39, 0.29) is 5.91 Å². The highest BCUT2D eigenvalue weighted by Gasteiger charge is 2.12. The number of thioether (sulfide) groups is 1. The highest BCUT2D eigenvalue weighted by molar-refractivity contribution is 7.99. The van der Waals surface area contributed by atoms with E-state index in [1.54, 1.807) is 6.92 Å². The second-order valence-corrected chi connectivity index (χ2v) is 4.28. The highest BCUT2D eigenvalue weighted by atomic mass is 32.2. The molecule has 16 heavy (non-hydrogen) atoms. The summed E-state index contributed by atoms with van der Waals surface area (Å²) >= 11 is 1.29. The summed E-state index contributed by atoms with van der Waals surface area (Å²) in [6.45, 7) is 7.32. The van der Waals surface area contributed by atoms with E-state index in [2.05, 4.69) is 17.1 Å². The first-order valence-electron chi connectivity index (χ1n) is 5.38. The molecule has 0 spiro atoms. The quantitative estimate of drug-likeness (QED) is 0.712. The third-order valence-electron chi connectivity index (χ3n) is 2.05. The summed E-state index contributed by atoms with van der Waals surface area (Å²) in [5.74, 6) is 0.996. The number of carbonyl (C=O) groups excluding carboxylic acids is 1. The van der Waals surface area contributed by atoms with E-state index in [0.29, 0.717) is 16.9 Å². The SMILES string of the molecule is CCCN(CC)C(=O)CSc1nnc(C)o1. The van der Waals surface area contributed by atoms with Gasteiger partial charge in [0.05, 0.1) is 5.75 Å². The number of aromatic nitrogens is 2. The molecular formula is C10H17N3O2S. The van der Waals surface area contributed by atoms with Crippen LogP contribution in [0.4, 0.5) is 0 Å². The van der Waals surface area contributed by atoms with Crippen molar-refractivity contribution in [2.75, 3.05) is 18.8 Å². The van der Waals surface area contributed by atoms with Gasteiger partial charge in [-0.1, -0.05) is 18.7 Å². The fourth-order valence-electron chi connectivity index (χ4n) is 1.28. The molecule has 0 aliphatic carbocycles. The minimum absolute atomic E-state index is 0.116. The first-order chi connectivity index (χ1) is 7.67. The van der Waals surface area contributed by atoms with Gasteiger partial charge in [0.15, 0.2) is 0 Å². The number of rotatable bonds is 6. The zero-order valence-electron chi connectivity index (χ0n) is 9.89. The van der Waals surface area contributed by atoms with Gasteiger partial charge in [0.1, 0.15) is 0 Å². The third-order valence-corrected chi connectivity index (χ3v) is 2.86. The first-order valence-corrected chi connectivity index (χ1v) is 6.36. The Morgan fingerprint density at radius 2 is 2.19 bits per heavy atom. The number of carbonyl (C=O) groups is 1. The molecule has 1 aromatic heterocycles. The lowest BCUT2D eigenvalue weighted by Crippen LogP contribution is -2.32. The van der Waals surface area contributed by atoms with Crippen LogP contribution in [0.25, 0.3) is 0 Å². The molecule has 0 saturated carbocycles. The molecule has 5 nitrogen and oxygen atoms in total. The van der Waals surface area contributed by atoms with Crippen LogP contribution in [0.3, 0.4) is 0 Å². The molecule has 0 N–H and O–H groups in total. The molecule has 0 bridgehead atoms. The standard InChI is InChI=1S/C10H17N3O2S/c1-4-6-13(5-2)9(14)7-16-10-12-11-8(3)15-10/h4-7H2,1-3H3. The van der Waals surface area contributed by atoms with Crippen molar-refractivity contribution >= 4 is 17.7 Å². The van der Waals surface area contributed by atoms with E-state index in [4.69, 9.17) is 4.42 Å². The van der Waals surface area contributed by atoms with Gasteiger partial charge in [0.25, 0.3) is 5.22 Å². The Labute approximate surface area is 99.6 Å². The van der Waals surface area contributed by atoms with Crippen molar-refractivity contribution in [3.63, 3.8) is 0 Å². The molecule has 0 fully saturated rings. The van der Waals surface area contributed by atoms with Gasteiger partial charge in [-0.15, -0.1) is 10.2 Å². The highest BCUT2D eigenvalue weighted by Crippen LogP contribution is 2.16. The predicted molar refractivity (Wildman–Crippen MR) is 62.3 cm³/mol. The van der Waals surface area contributed by atoms with Gasteiger partial charge in [0, 0.05) is 20.0 Å². The van der Waals surface area contributed by atoms with E-state index in [0.717, 1.165) is 19.5 Å². The van der Waals surface area contributed by atoms with Crippen molar-refractivity contribution in [3.05, 3.63) is 5.89 Å². The molecule has 0 aromatic carbocycles.